The van der Waals surface area contributed by atoms with Crippen molar-refractivity contribution in [2.45, 2.75) is 26.2 Å². The second kappa shape index (κ2) is 8.57. The van der Waals surface area contributed by atoms with Crippen LogP contribution in [0.25, 0.3) is 0 Å². The quantitative estimate of drug-likeness (QED) is 0.473. The van der Waals surface area contributed by atoms with Crippen LogP contribution in [-0.4, -0.2) is 24.7 Å². The summed E-state index contributed by atoms with van der Waals surface area (Å²) in [4.78, 5) is 11.1. The van der Waals surface area contributed by atoms with Crippen molar-refractivity contribution < 1.29 is 9.53 Å². The average Bonchev–Trinajstić information content (AvgIpc) is 2.56. The number of amidine groups is 1. The Morgan fingerprint density at radius 3 is 2.78 bits per heavy atom. The van der Waals surface area contributed by atoms with Gasteiger partial charge < -0.3 is 4.74 Å². The van der Waals surface area contributed by atoms with E-state index in [1.807, 2.05) is 24.3 Å². The van der Waals surface area contributed by atoms with E-state index in [4.69, 9.17) is 4.74 Å². The first-order valence-corrected chi connectivity index (χ1v) is 7.45. The van der Waals surface area contributed by atoms with Gasteiger partial charge in [0.1, 0.15) is 11.4 Å². The standard InChI is InChI=1S/C16H19N5O2/c1-3-4-5-10-23-14-8-6-13(7-9-14)11-17-20-15-12(2)19-21-16(22)18-15/h6-9,11H,2-5,10H2,1H3,(H,18,20,22)/b17-11+. The highest BCUT2D eigenvalue weighted by atomic mass is 16.5. The molecule has 1 heterocycles. The summed E-state index contributed by atoms with van der Waals surface area (Å²) in [7, 11) is 0. The first kappa shape index (κ1) is 16.5. The number of carbonyl (C=O) groups is 1. The van der Waals surface area contributed by atoms with E-state index in [0.717, 1.165) is 24.3 Å². The molecule has 1 aliphatic heterocycles. The van der Waals surface area contributed by atoms with E-state index < -0.39 is 6.03 Å². The number of unbranched alkanes of at least 4 members (excludes halogenated alkanes) is 2. The van der Waals surface area contributed by atoms with E-state index >= 15 is 0 Å². The van der Waals surface area contributed by atoms with E-state index in [0.29, 0.717) is 0 Å². The van der Waals surface area contributed by atoms with Crippen LogP contribution in [0.2, 0.25) is 0 Å². The number of amides is 2. The van der Waals surface area contributed by atoms with Gasteiger partial charge in [-0.05, 0) is 36.2 Å². The Labute approximate surface area is 134 Å². The molecule has 0 unspecified atom stereocenters. The van der Waals surface area contributed by atoms with Crippen molar-refractivity contribution in [1.29, 1.82) is 0 Å². The Balaban J connectivity index is 1.89. The molecule has 1 N–H and O–H groups in total. The van der Waals surface area contributed by atoms with Gasteiger partial charge in [-0.3, -0.25) is 5.32 Å². The Morgan fingerprint density at radius 2 is 2.04 bits per heavy atom. The zero-order valence-electron chi connectivity index (χ0n) is 13.0. The molecule has 7 heteroatoms. The molecule has 0 saturated heterocycles. The maximum Gasteiger partial charge on any atom is 0.365 e. The highest BCUT2D eigenvalue weighted by molar-refractivity contribution is 6.08. The van der Waals surface area contributed by atoms with Crippen LogP contribution in [0, 0.1) is 0 Å². The summed E-state index contributed by atoms with van der Waals surface area (Å²) >= 11 is 0. The number of ether oxygens (including phenoxy) is 1. The first-order valence-electron chi connectivity index (χ1n) is 7.45. The van der Waals surface area contributed by atoms with Crippen LogP contribution in [0.4, 0.5) is 4.79 Å². The summed E-state index contributed by atoms with van der Waals surface area (Å²) in [6.07, 6.45) is 4.98. The fourth-order valence-electron chi connectivity index (χ4n) is 1.78. The zero-order chi connectivity index (χ0) is 16.5. The molecule has 0 aliphatic carbocycles. The number of nitrogens with one attached hydrogen (secondary N) is 1. The van der Waals surface area contributed by atoms with Gasteiger partial charge in [-0.1, -0.05) is 31.5 Å². The lowest BCUT2D eigenvalue weighted by atomic mass is 10.2. The van der Waals surface area contributed by atoms with Crippen molar-refractivity contribution in [3.8, 4) is 5.75 Å². The molecular weight excluding hydrogens is 294 g/mol. The number of urea groups is 1. The fraction of sp³-hybridized carbons (Fsp3) is 0.312. The van der Waals surface area contributed by atoms with Gasteiger partial charge in [0.05, 0.1) is 12.8 Å². The Kier molecular flexibility index (Phi) is 6.17. The zero-order valence-corrected chi connectivity index (χ0v) is 13.0. The van der Waals surface area contributed by atoms with E-state index in [1.165, 1.54) is 12.8 Å². The van der Waals surface area contributed by atoms with Crippen LogP contribution in [0.1, 0.15) is 31.7 Å². The maximum absolute atomic E-state index is 11.1. The molecule has 0 bridgehead atoms. The van der Waals surface area contributed by atoms with Crippen molar-refractivity contribution in [2.75, 3.05) is 6.61 Å². The first-order chi connectivity index (χ1) is 11.2. The average molecular weight is 313 g/mol. The van der Waals surface area contributed by atoms with E-state index in [-0.39, 0.29) is 11.5 Å². The van der Waals surface area contributed by atoms with Gasteiger partial charge in [0.15, 0.2) is 5.84 Å². The molecule has 0 saturated carbocycles. The normalized spacial score (nSPS) is 16.1. The summed E-state index contributed by atoms with van der Waals surface area (Å²) < 4.78 is 5.63. The molecule has 0 radical (unpaired) electrons. The molecule has 2 rings (SSSR count). The maximum atomic E-state index is 11.1. The van der Waals surface area contributed by atoms with Crippen molar-refractivity contribution in [1.82, 2.24) is 5.32 Å². The number of rotatable bonds is 7. The molecule has 1 aliphatic rings. The second-order valence-electron chi connectivity index (χ2n) is 4.89. The van der Waals surface area contributed by atoms with Gasteiger partial charge in [-0.25, -0.2) is 4.79 Å². The summed E-state index contributed by atoms with van der Waals surface area (Å²) in [6, 6.07) is 6.95. The minimum absolute atomic E-state index is 0.192. The highest BCUT2D eigenvalue weighted by Crippen LogP contribution is 2.12. The second-order valence-corrected chi connectivity index (χ2v) is 4.89. The molecule has 120 valence electrons. The van der Waals surface area contributed by atoms with Gasteiger partial charge in [-0.2, -0.15) is 5.10 Å². The largest absolute Gasteiger partial charge is 0.494 e. The minimum Gasteiger partial charge on any atom is -0.494 e. The van der Waals surface area contributed by atoms with Gasteiger partial charge >= 0.3 is 6.03 Å². The molecular formula is C16H19N5O2. The lowest BCUT2D eigenvalue weighted by Gasteiger charge is -2.07. The third-order valence-electron chi connectivity index (χ3n) is 3.02. The van der Waals surface area contributed by atoms with Gasteiger partial charge in [0.25, 0.3) is 0 Å². The van der Waals surface area contributed by atoms with E-state index in [2.05, 4.69) is 39.3 Å². The van der Waals surface area contributed by atoms with Crippen LogP contribution < -0.4 is 10.1 Å². The third kappa shape index (κ3) is 5.46. The van der Waals surface area contributed by atoms with Crippen LogP contribution in [-0.2, 0) is 0 Å². The molecule has 2 amide bonds. The summed E-state index contributed by atoms with van der Waals surface area (Å²) in [5, 5.41) is 17.1. The van der Waals surface area contributed by atoms with Crippen molar-refractivity contribution in [3.05, 3.63) is 42.1 Å². The third-order valence-corrected chi connectivity index (χ3v) is 3.02. The van der Waals surface area contributed by atoms with Crippen LogP contribution >= 0.6 is 0 Å². The molecule has 23 heavy (non-hydrogen) atoms. The lowest BCUT2D eigenvalue weighted by Crippen LogP contribution is -2.31. The smallest absolute Gasteiger partial charge is 0.365 e. The number of azo groups is 1. The number of hydrogen-bond acceptors (Lipinski definition) is 5. The van der Waals surface area contributed by atoms with Gasteiger partial charge in [0.2, 0.25) is 0 Å². The minimum atomic E-state index is -0.587. The Morgan fingerprint density at radius 1 is 1.26 bits per heavy atom. The van der Waals surface area contributed by atoms with Gasteiger partial charge in [0, 0.05) is 0 Å². The fourth-order valence-corrected chi connectivity index (χ4v) is 1.78. The predicted octanol–water partition coefficient (Wildman–Crippen LogP) is 3.68. The Bertz CT molecular complexity index is 647. The predicted molar refractivity (Wildman–Crippen MR) is 89.0 cm³/mol. The SMILES string of the molecule is C=C1N=NC(=O)N/C1=N/N=C/c1ccc(OCCCCC)cc1. The van der Waals surface area contributed by atoms with Crippen molar-refractivity contribution >= 4 is 18.1 Å². The topological polar surface area (TPSA) is 87.8 Å². The van der Waals surface area contributed by atoms with Crippen LogP contribution in [0.5, 0.6) is 5.75 Å². The van der Waals surface area contributed by atoms with E-state index in [1.54, 1.807) is 6.21 Å². The van der Waals surface area contributed by atoms with Crippen molar-refractivity contribution in [3.63, 3.8) is 0 Å². The van der Waals surface area contributed by atoms with Crippen LogP contribution in [0.3, 0.4) is 0 Å². The Hall–Kier alpha value is -2.83. The molecule has 0 aromatic heterocycles. The number of benzene rings is 1. The molecule has 7 nitrogen and oxygen atoms in total. The van der Waals surface area contributed by atoms with Gasteiger partial charge in [-0.15, -0.1) is 10.2 Å². The van der Waals surface area contributed by atoms with E-state index in [9.17, 15) is 4.79 Å². The number of nitrogens with zero attached hydrogens (tertiary/aromatic N) is 4. The molecule has 1 aromatic rings. The molecule has 0 fully saturated rings. The summed E-state index contributed by atoms with van der Waals surface area (Å²) in [5.41, 5.74) is 1.13. The molecule has 1 aromatic carbocycles. The van der Waals surface area contributed by atoms with Crippen LogP contribution in [0.15, 0.2) is 57.0 Å². The molecule has 0 spiro atoms. The monoisotopic (exact) mass is 313 g/mol. The highest BCUT2D eigenvalue weighted by Gasteiger charge is 2.13. The molecule has 0 atom stereocenters. The lowest BCUT2D eigenvalue weighted by molar-refractivity contribution is 0.251. The number of hydrogen-bond donors (Lipinski definition) is 1. The van der Waals surface area contributed by atoms with Crippen molar-refractivity contribution in [2.24, 2.45) is 20.4 Å². The number of carbonyl (C=O) groups excluding carboxylic acids is 1. The summed E-state index contributed by atoms with van der Waals surface area (Å²) in [6.45, 7) is 6.50. The summed E-state index contributed by atoms with van der Waals surface area (Å²) in [5.74, 6) is 1.02.